The highest BCUT2D eigenvalue weighted by Crippen LogP contribution is 2.33. The van der Waals surface area contributed by atoms with E-state index < -0.39 is 0 Å². The summed E-state index contributed by atoms with van der Waals surface area (Å²) in [6.45, 7) is 12.2. The van der Waals surface area contributed by atoms with Crippen LogP contribution in [0.3, 0.4) is 0 Å². The molecule has 4 heteroatoms. The first kappa shape index (κ1) is 16.9. The molecule has 4 nitrogen and oxygen atoms in total. The lowest BCUT2D eigenvalue weighted by Crippen LogP contribution is -2.51. The number of hydrogen-bond acceptors (Lipinski definition) is 4. The van der Waals surface area contributed by atoms with Crippen molar-refractivity contribution in [3.05, 3.63) is 0 Å². The van der Waals surface area contributed by atoms with Gasteiger partial charge in [-0.25, -0.2) is 0 Å². The maximum absolute atomic E-state index is 9.64. The molecule has 0 amide bonds. The van der Waals surface area contributed by atoms with Crippen molar-refractivity contribution in [1.82, 2.24) is 9.80 Å². The summed E-state index contributed by atoms with van der Waals surface area (Å²) in [5.41, 5.74) is 6.28. The molecule has 0 aromatic carbocycles. The lowest BCUT2D eigenvalue weighted by molar-refractivity contribution is 0.0981. The summed E-state index contributed by atoms with van der Waals surface area (Å²) in [5.74, 6) is 0.647. The quantitative estimate of drug-likeness (QED) is 0.592. The molecule has 0 aliphatic heterocycles. The van der Waals surface area contributed by atoms with Crippen molar-refractivity contribution < 1.29 is 5.11 Å². The number of likely N-dealkylation sites (N-methyl/N-ethyl adjacent to an activating group) is 1. The third-order valence-corrected chi connectivity index (χ3v) is 4.49. The van der Waals surface area contributed by atoms with Crippen molar-refractivity contribution in [3.8, 4) is 0 Å². The van der Waals surface area contributed by atoms with Crippen LogP contribution >= 0.6 is 0 Å². The van der Waals surface area contributed by atoms with E-state index in [1.165, 1.54) is 12.8 Å². The molecule has 0 bridgehead atoms. The molecule has 3 N–H and O–H groups in total. The Morgan fingerprint density at radius 2 is 1.74 bits per heavy atom. The first-order valence-corrected chi connectivity index (χ1v) is 8.00. The van der Waals surface area contributed by atoms with E-state index in [1.807, 2.05) is 0 Å². The lowest BCUT2D eigenvalue weighted by Gasteiger charge is -2.34. The first-order valence-electron chi connectivity index (χ1n) is 8.00. The van der Waals surface area contributed by atoms with Gasteiger partial charge in [-0.05, 0) is 57.9 Å². The van der Waals surface area contributed by atoms with Crippen LogP contribution in [0.1, 0.15) is 40.0 Å². The van der Waals surface area contributed by atoms with E-state index in [-0.39, 0.29) is 18.7 Å². The Morgan fingerprint density at radius 1 is 1.11 bits per heavy atom. The zero-order chi connectivity index (χ0) is 14.3. The molecule has 114 valence electrons. The maximum Gasteiger partial charge on any atom is 0.0602 e. The molecule has 1 aliphatic rings. The largest absolute Gasteiger partial charge is 0.395 e. The predicted molar refractivity (Wildman–Crippen MR) is 81.2 cm³/mol. The standard InChI is InChI=1S/C15H33N3O/c1-4-17(5-2)10-7-11-18(6-3)14(12-19)15(16)13-8-9-13/h13-15,19H,4-12,16H2,1-3H3. The minimum Gasteiger partial charge on any atom is -0.395 e. The second-order valence-corrected chi connectivity index (χ2v) is 5.67. The molecule has 0 saturated heterocycles. The zero-order valence-corrected chi connectivity index (χ0v) is 13.0. The Balaban J connectivity index is 2.37. The highest BCUT2D eigenvalue weighted by molar-refractivity contribution is 4.93. The zero-order valence-electron chi connectivity index (χ0n) is 13.0. The van der Waals surface area contributed by atoms with Crippen LogP contribution in [0.4, 0.5) is 0 Å². The summed E-state index contributed by atoms with van der Waals surface area (Å²) in [6.07, 6.45) is 3.65. The first-order chi connectivity index (χ1) is 9.17. The minimum atomic E-state index is 0.147. The molecule has 1 fully saturated rings. The van der Waals surface area contributed by atoms with Crippen molar-refractivity contribution in [1.29, 1.82) is 0 Å². The fourth-order valence-electron chi connectivity index (χ4n) is 2.87. The summed E-state index contributed by atoms with van der Waals surface area (Å²) in [5, 5.41) is 9.64. The minimum absolute atomic E-state index is 0.147. The number of aliphatic hydroxyl groups excluding tert-OH is 1. The van der Waals surface area contributed by atoms with Gasteiger partial charge in [0.05, 0.1) is 6.61 Å². The molecular weight excluding hydrogens is 238 g/mol. The van der Waals surface area contributed by atoms with Gasteiger partial charge >= 0.3 is 0 Å². The van der Waals surface area contributed by atoms with Gasteiger partial charge in [-0.3, -0.25) is 4.90 Å². The smallest absolute Gasteiger partial charge is 0.0602 e. The van der Waals surface area contributed by atoms with Gasteiger partial charge in [0, 0.05) is 12.1 Å². The van der Waals surface area contributed by atoms with E-state index in [1.54, 1.807) is 0 Å². The lowest BCUT2D eigenvalue weighted by atomic mass is 10.0. The van der Waals surface area contributed by atoms with Crippen LogP contribution in [0.5, 0.6) is 0 Å². The molecule has 0 aromatic rings. The third kappa shape index (κ3) is 5.38. The van der Waals surface area contributed by atoms with Gasteiger partial charge < -0.3 is 15.7 Å². The summed E-state index contributed by atoms with van der Waals surface area (Å²) in [7, 11) is 0. The van der Waals surface area contributed by atoms with E-state index in [9.17, 15) is 5.11 Å². The molecule has 19 heavy (non-hydrogen) atoms. The van der Waals surface area contributed by atoms with Gasteiger partial charge in [0.1, 0.15) is 0 Å². The summed E-state index contributed by atoms with van der Waals surface area (Å²) >= 11 is 0. The SMILES string of the molecule is CCN(CC)CCCN(CC)C(CO)C(N)C1CC1. The monoisotopic (exact) mass is 271 g/mol. The number of hydrogen-bond donors (Lipinski definition) is 2. The van der Waals surface area contributed by atoms with E-state index in [2.05, 4.69) is 30.6 Å². The van der Waals surface area contributed by atoms with Gasteiger partial charge in [-0.2, -0.15) is 0 Å². The molecule has 2 unspecified atom stereocenters. The number of rotatable bonds is 11. The second kappa shape index (κ2) is 8.90. The topological polar surface area (TPSA) is 52.7 Å². The van der Waals surface area contributed by atoms with Gasteiger partial charge in [0.15, 0.2) is 0 Å². The van der Waals surface area contributed by atoms with E-state index in [0.29, 0.717) is 5.92 Å². The molecule has 0 spiro atoms. The van der Waals surface area contributed by atoms with Gasteiger partial charge in [0.25, 0.3) is 0 Å². The van der Waals surface area contributed by atoms with E-state index in [0.717, 1.165) is 39.1 Å². The van der Waals surface area contributed by atoms with E-state index in [4.69, 9.17) is 5.73 Å². The highest BCUT2D eigenvalue weighted by atomic mass is 16.3. The molecule has 1 aliphatic carbocycles. The van der Waals surface area contributed by atoms with Crippen molar-refractivity contribution in [2.24, 2.45) is 11.7 Å². The Bertz CT molecular complexity index is 229. The van der Waals surface area contributed by atoms with Crippen molar-refractivity contribution >= 4 is 0 Å². The van der Waals surface area contributed by atoms with Crippen LogP contribution < -0.4 is 5.73 Å². The van der Waals surface area contributed by atoms with Gasteiger partial charge in [-0.1, -0.05) is 20.8 Å². The highest BCUT2D eigenvalue weighted by Gasteiger charge is 2.35. The van der Waals surface area contributed by atoms with Crippen LogP contribution in [-0.2, 0) is 0 Å². The Labute approximate surface area is 118 Å². The normalized spacial score (nSPS) is 19.1. The Hall–Kier alpha value is -0.160. The molecule has 0 heterocycles. The van der Waals surface area contributed by atoms with E-state index >= 15 is 0 Å². The van der Waals surface area contributed by atoms with Crippen LogP contribution in [0.25, 0.3) is 0 Å². The van der Waals surface area contributed by atoms with Crippen molar-refractivity contribution in [2.45, 2.75) is 52.1 Å². The molecule has 2 atom stereocenters. The molecular formula is C15H33N3O. The molecule has 1 rings (SSSR count). The molecule has 0 aromatic heterocycles. The van der Waals surface area contributed by atoms with Gasteiger partial charge in [0.2, 0.25) is 0 Å². The average Bonchev–Trinajstić information content (AvgIpc) is 3.26. The fraction of sp³-hybridized carbons (Fsp3) is 1.00. The van der Waals surface area contributed by atoms with Crippen LogP contribution in [0.15, 0.2) is 0 Å². The van der Waals surface area contributed by atoms with Gasteiger partial charge in [-0.15, -0.1) is 0 Å². The van der Waals surface area contributed by atoms with Crippen LogP contribution in [-0.4, -0.2) is 66.3 Å². The van der Waals surface area contributed by atoms with Crippen molar-refractivity contribution in [2.75, 3.05) is 39.3 Å². The third-order valence-electron chi connectivity index (χ3n) is 4.49. The van der Waals surface area contributed by atoms with Crippen LogP contribution in [0, 0.1) is 5.92 Å². The summed E-state index contributed by atoms with van der Waals surface area (Å²) < 4.78 is 0. The molecule has 1 saturated carbocycles. The Kier molecular flexibility index (Phi) is 7.91. The number of aliphatic hydroxyl groups is 1. The number of nitrogens with two attached hydrogens (primary N) is 1. The summed E-state index contributed by atoms with van der Waals surface area (Å²) in [4.78, 5) is 4.81. The average molecular weight is 271 g/mol. The maximum atomic E-state index is 9.64. The van der Waals surface area contributed by atoms with Crippen LogP contribution in [0.2, 0.25) is 0 Å². The Morgan fingerprint density at radius 3 is 2.16 bits per heavy atom. The second-order valence-electron chi connectivity index (χ2n) is 5.67. The predicted octanol–water partition coefficient (Wildman–Crippen LogP) is 1.14. The van der Waals surface area contributed by atoms with Crippen molar-refractivity contribution in [3.63, 3.8) is 0 Å². The summed E-state index contributed by atoms with van der Waals surface area (Å²) in [6, 6.07) is 0.299. The molecule has 0 radical (unpaired) electrons. The number of nitrogens with zero attached hydrogens (tertiary/aromatic N) is 2. The fourth-order valence-corrected chi connectivity index (χ4v) is 2.87.